The fraction of sp³-hybridized carbons (Fsp3) is 0.462. The molecule has 0 aliphatic rings. The highest BCUT2D eigenvalue weighted by atomic mass is 32.1. The van der Waals surface area contributed by atoms with Crippen molar-refractivity contribution in [1.29, 1.82) is 0 Å². The Labute approximate surface area is 121 Å². The minimum atomic E-state index is -0.974. The van der Waals surface area contributed by atoms with Crippen LogP contribution in [0, 0.1) is 0 Å². The predicted molar refractivity (Wildman–Crippen MR) is 75.4 cm³/mol. The van der Waals surface area contributed by atoms with Crippen LogP contribution in [-0.4, -0.2) is 38.2 Å². The van der Waals surface area contributed by atoms with Crippen LogP contribution in [0.4, 0.5) is 0 Å². The molecule has 0 aliphatic heterocycles. The lowest BCUT2D eigenvalue weighted by Crippen LogP contribution is -2.49. The number of thiophene rings is 1. The Morgan fingerprint density at radius 2 is 2.30 bits per heavy atom. The third-order valence-corrected chi connectivity index (χ3v) is 3.95. The standard InChI is InChI=1S/C13H17N3O3S/c1-4-16(13(2,3)12(17)18)7-10-14-11(19-15-10)9-5-6-20-8-9/h5-6,8H,4,7H2,1-3H3,(H,17,18). The molecule has 0 radical (unpaired) electrons. The maximum atomic E-state index is 11.3. The van der Waals surface area contributed by atoms with Gasteiger partial charge in [-0.25, -0.2) is 0 Å². The number of carboxylic acids is 1. The van der Waals surface area contributed by atoms with E-state index in [1.165, 1.54) is 0 Å². The second-order valence-electron chi connectivity index (χ2n) is 4.91. The van der Waals surface area contributed by atoms with E-state index < -0.39 is 11.5 Å². The summed E-state index contributed by atoms with van der Waals surface area (Å²) in [5, 5.41) is 17.1. The van der Waals surface area contributed by atoms with Gasteiger partial charge in [0.05, 0.1) is 12.1 Å². The molecular weight excluding hydrogens is 278 g/mol. The first-order valence-corrected chi connectivity index (χ1v) is 7.23. The van der Waals surface area contributed by atoms with Gasteiger partial charge in [-0.3, -0.25) is 9.69 Å². The molecular formula is C13H17N3O3S. The third-order valence-electron chi connectivity index (χ3n) is 3.26. The van der Waals surface area contributed by atoms with E-state index in [9.17, 15) is 9.90 Å². The van der Waals surface area contributed by atoms with Crippen molar-refractivity contribution in [3.63, 3.8) is 0 Å². The van der Waals surface area contributed by atoms with Gasteiger partial charge in [0.25, 0.3) is 5.89 Å². The Balaban J connectivity index is 2.15. The van der Waals surface area contributed by atoms with Crippen molar-refractivity contribution in [2.75, 3.05) is 6.54 Å². The van der Waals surface area contributed by atoms with Crippen LogP contribution in [-0.2, 0) is 11.3 Å². The maximum Gasteiger partial charge on any atom is 0.323 e. The van der Waals surface area contributed by atoms with E-state index in [0.29, 0.717) is 24.8 Å². The molecule has 108 valence electrons. The van der Waals surface area contributed by atoms with E-state index in [2.05, 4.69) is 10.1 Å². The topological polar surface area (TPSA) is 79.5 Å². The second-order valence-corrected chi connectivity index (χ2v) is 5.69. The summed E-state index contributed by atoms with van der Waals surface area (Å²) < 4.78 is 5.20. The molecule has 0 fully saturated rings. The monoisotopic (exact) mass is 295 g/mol. The molecule has 1 N–H and O–H groups in total. The maximum absolute atomic E-state index is 11.3. The lowest BCUT2D eigenvalue weighted by molar-refractivity contribution is -0.149. The average Bonchev–Trinajstić information content (AvgIpc) is 3.06. The van der Waals surface area contributed by atoms with Crippen LogP contribution in [0.2, 0.25) is 0 Å². The number of hydrogen-bond donors (Lipinski definition) is 1. The molecule has 2 rings (SSSR count). The summed E-state index contributed by atoms with van der Waals surface area (Å²) in [6.45, 7) is 6.16. The van der Waals surface area contributed by atoms with Crippen LogP contribution in [0.5, 0.6) is 0 Å². The normalized spacial score (nSPS) is 12.0. The smallest absolute Gasteiger partial charge is 0.323 e. The molecule has 2 aromatic heterocycles. The number of carbonyl (C=O) groups is 1. The molecule has 0 aromatic carbocycles. The van der Waals surface area contributed by atoms with Crippen LogP contribution in [0.15, 0.2) is 21.3 Å². The van der Waals surface area contributed by atoms with Crippen LogP contribution in [0.3, 0.4) is 0 Å². The van der Waals surface area contributed by atoms with Crippen molar-refractivity contribution in [2.45, 2.75) is 32.9 Å². The van der Waals surface area contributed by atoms with Gasteiger partial charge in [0.1, 0.15) is 5.54 Å². The molecule has 0 saturated carbocycles. The summed E-state index contributed by atoms with van der Waals surface area (Å²) in [6.07, 6.45) is 0. The lowest BCUT2D eigenvalue weighted by Gasteiger charge is -2.32. The molecule has 7 heteroatoms. The van der Waals surface area contributed by atoms with Crippen molar-refractivity contribution >= 4 is 17.3 Å². The molecule has 2 aromatic rings. The molecule has 0 amide bonds. The zero-order chi connectivity index (χ0) is 14.8. The summed E-state index contributed by atoms with van der Waals surface area (Å²) in [5.74, 6) is 0.0775. The van der Waals surface area contributed by atoms with Crippen molar-refractivity contribution in [3.05, 3.63) is 22.7 Å². The van der Waals surface area contributed by atoms with Crippen molar-refractivity contribution < 1.29 is 14.4 Å². The number of aromatic nitrogens is 2. The molecule has 0 unspecified atom stereocenters. The van der Waals surface area contributed by atoms with Crippen molar-refractivity contribution in [2.24, 2.45) is 0 Å². The zero-order valence-corrected chi connectivity index (χ0v) is 12.5. The summed E-state index contributed by atoms with van der Waals surface area (Å²) >= 11 is 1.55. The van der Waals surface area contributed by atoms with Crippen molar-refractivity contribution in [1.82, 2.24) is 15.0 Å². The summed E-state index contributed by atoms with van der Waals surface area (Å²) in [4.78, 5) is 17.4. The van der Waals surface area contributed by atoms with Crippen LogP contribution in [0.1, 0.15) is 26.6 Å². The van der Waals surface area contributed by atoms with Gasteiger partial charge < -0.3 is 9.63 Å². The third kappa shape index (κ3) is 2.88. The van der Waals surface area contributed by atoms with Gasteiger partial charge in [0.2, 0.25) is 0 Å². The first-order chi connectivity index (χ1) is 9.45. The van der Waals surface area contributed by atoms with E-state index in [-0.39, 0.29) is 0 Å². The predicted octanol–water partition coefficient (Wildman–Crippen LogP) is 2.48. The van der Waals surface area contributed by atoms with E-state index in [1.54, 1.807) is 30.1 Å². The SMILES string of the molecule is CCN(Cc1noc(-c2ccsc2)n1)C(C)(C)C(=O)O. The molecule has 6 nitrogen and oxygen atoms in total. The van der Waals surface area contributed by atoms with Gasteiger partial charge >= 0.3 is 5.97 Å². The minimum absolute atomic E-state index is 0.337. The largest absolute Gasteiger partial charge is 0.480 e. The Hall–Kier alpha value is -1.73. The van der Waals surface area contributed by atoms with Gasteiger partial charge in [0, 0.05) is 5.38 Å². The first-order valence-electron chi connectivity index (χ1n) is 6.28. The molecule has 0 spiro atoms. The van der Waals surface area contributed by atoms with Gasteiger partial charge in [-0.1, -0.05) is 12.1 Å². The highest BCUT2D eigenvalue weighted by Gasteiger charge is 2.34. The Morgan fingerprint density at radius 3 is 2.85 bits per heavy atom. The zero-order valence-electron chi connectivity index (χ0n) is 11.7. The molecule has 0 saturated heterocycles. The summed E-state index contributed by atoms with van der Waals surface area (Å²) in [5.41, 5.74) is -0.0907. The quantitative estimate of drug-likeness (QED) is 0.882. The number of nitrogens with zero attached hydrogens (tertiary/aromatic N) is 3. The number of aliphatic carboxylic acids is 1. The Morgan fingerprint density at radius 1 is 1.55 bits per heavy atom. The van der Waals surface area contributed by atoms with Gasteiger partial charge in [-0.15, -0.1) is 0 Å². The molecule has 20 heavy (non-hydrogen) atoms. The molecule has 2 heterocycles. The highest BCUT2D eigenvalue weighted by Crippen LogP contribution is 2.22. The van der Waals surface area contributed by atoms with Crippen LogP contribution in [0.25, 0.3) is 11.5 Å². The summed E-state index contributed by atoms with van der Waals surface area (Å²) in [6, 6.07) is 1.90. The van der Waals surface area contributed by atoms with Gasteiger partial charge in [-0.05, 0) is 31.8 Å². The van der Waals surface area contributed by atoms with Gasteiger partial charge in [0.15, 0.2) is 5.82 Å². The van der Waals surface area contributed by atoms with E-state index in [0.717, 1.165) is 5.56 Å². The number of rotatable bonds is 6. The highest BCUT2D eigenvalue weighted by molar-refractivity contribution is 7.08. The fourth-order valence-corrected chi connectivity index (χ4v) is 2.46. The number of carboxylic acid groups (broad SMARTS) is 1. The number of likely N-dealkylation sites (N-methyl/N-ethyl adjacent to an activating group) is 1. The van der Waals surface area contributed by atoms with Crippen LogP contribution < -0.4 is 0 Å². The minimum Gasteiger partial charge on any atom is -0.480 e. The Bertz CT molecular complexity index is 577. The summed E-state index contributed by atoms with van der Waals surface area (Å²) in [7, 11) is 0. The van der Waals surface area contributed by atoms with E-state index in [1.807, 2.05) is 23.8 Å². The molecule has 0 bridgehead atoms. The second kappa shape index (κ2) is 5.72. The number of hydrogen-bond acceptors (Lipinski definition) is 6. The van der Waals surface area contributed by atoms with E-state index in [4.69, 9.17) is 4.52 Å². The van der Waals surface area contributed by atoms with E-state index >= 15 is 0 Å². The van der Waals surface area contributed by atoms with Crippen LogP contribution >= 0.6 is 11.3 Å². The Kier molecular flexibility index (Phi) is 4.20. The fourth-order valence-electron chi connectivity index (χ4n) is 1.83. The van der Waals surface area contributed by atoms with Gasteiger partial charge in [-0.2, -0.15) is 16.3 Å². The molecule has 0 aliphatic carbocycles. The lowest BCUT2D eigenvalue weighted by atomic mass is 10.0. The first kappa shape index (κ1) is 14.7. The average molecular weight is 295 g/mol. The molecule has 0 atom stereocenters. The van der Waals surface area contributed by atoms with Crippen molar-refractivity contribution in [3.8, 4) is 11.5 Å².